The second-order valence-electron chi connectivity index (χ2n) is 3.78. The molecule has 0 unspecified atom stereocenters. The van der Waals surface area contributed by atoms with Crippen LogP contribution in [0.3, 0.4) is 0 Å². The van der Waals surface area contributed by atoms with Crippen LogP contribution in [-0.4, -0.2) is 16.6 Å². The number of benzene rings is 1. The Bertz CT molecular complexity index is 622. The van der Waals surface area contributed by atoms with Gasteiger partial charge in [0, 0.05) is 22.4 Å². The predicted molar refractivity (Wildman–Crippen MR) is 77.6 cm³/mol. The third-order valence-corrected chi connectivity index (χ3v) is 3.67. The van der Waals surface area contributed by atoms with Crippen molar-refractivity contribution >= 4 is 39.3 Å². The molecule has 1 amide bonds. The number of nitrogens with one attached hydrogen (secondary N) is 1. The Labute approximate surface area is 126 Å². The van der Waals surface area contributed by atoms with E-state index in [-0.39, 0.29) is 17.3 Å². The Morgan fingerprint density at radius 2 is 2.05 bits per heavy atom. The van der Waals surface area contributed by atoms with E-state index in [0.717, 1.165) is 16.6 Å². The molecule has 0 atom stereocenters. The number of thioether (sulfide) groups is 1. The molecule has 2 aromatic rings. The van der Waals surface area contributed by atoms with Gasteiger partial charge in [-0.15, -0.1) is 0 Å². The molecule has 20 heavy (non-hydrogen) atoms. The van der Waals surface area contributed by atoms with Crippen LogP contribution in [0.1, 0.15) is 0 Å². The summed E-state index contributed by atoms with van der Waals surface area (Å²) in [6.07, 6.45) is 1.63. The number of nitrogens with zero attached hydrogens (tertiary/aromatic N) is 1. The summed E-state index contributed by atoms with van der Waals surface area (Å²) in [6, 6.07) is 6.81. The number of halogens is 3. The molecule has 7 heteroatoms. The zero-order chi connectivity index (χ0) is 14.5. The van der Waals surface area contributed by atoms with Crippen molar-refractivity contribution < 1.29 is 13.6 Å². The molecule has 0 radical (unpaired) electrons. The number of anilines is 1. The predicted octanol–water partition coefficient (Wildman–Crippen LogP) is 3.85. The summed E-state index contributed by atoms with van der Waals surface area (Å²) >= 11 is 4.52. The average molecular weight is 359 g/mol. The minimum Gasteiger partial charge on any atom is -0.325 e. The van der Waals surface area contributed by atoms with Crippen molar-refractivity contribution in [2.24, 2.45) is 0 Å². The summed E-state index contributed by atoms with van der Waals surface area (Å²) in [6.45, 7) is 0. The molecular weight excluding hydrogens is 350 g/mol. The molecule has 0 fully saturated rings. The third kappa shape index (κ3) is 4.28. The molecule has 1 heterocycles. The largest absolute Gasteiger partial charge is 0.325 e. The van der Waals surface area contributed by atoms with Crippen LogP contribution in [-0.2, 0) is 4.79 Å². The van der Waals surface area contributed by atoms with E-state index in [1.54, 1.807) is 12.3 Å². The van der Waals surface area contributed by atoms with Crippen LogP contribution in [0.25, 0.3) is 0 Å². The van der Waals surface area contributed by atoms with Crippen molar-refractivity contribution in [3.05, 3.63) is 52.6 Å². The van der Waals surface area contributed by atoms with Gasteiger partial charge in [-0.25, -0.2) is 13.8 Å². The summed E-state index contributed by atoms with van der Waals surface area (Å²) in [4.78, 5) is 15.8. The van der Waals surface area contributed by atoms with Gasteiger partial charge in [-0.2, -0.15) is 0 Å². The Kier molecular flexibility index (Phi) is 5.08. The van der Waals surface area contributed by atoms with Gasteiger partial charge in [-0.05, 0) is 40.2 Å². The Hall–Kier alpha value is -1.47. The van der Waals surface area contributed by atoms with Gasteiger partial charge in [0.05, 0.1) is 10.8 Å². The second kappa shape index (κ2) is 6.81. The molecular formula is C13H9BrF2N2OS. The first-order valence-electron chi connectivity index (χ1n) is 5.54. The maximum absolute atomic E-state index is 13.0. The quantitative estimate of drug-likeness (QED) is 0.844. The van der Waals surface area contributed by atoms with E-state index in [1.165, 1.54) is 17.8 Å². The molecule has 0 saturated carbocycles. The Morgan fingerprint density at radius 3 is 2.70 bits per heavy atom. The number of rotatable bonds is 4. The SMILES string of the molecule is O=C(CSc1ccc(Br)cn1)Nc1ccc(F)c(F)c1. The highest BCUT2D eigenvalue weighted by molar-refractivity contribution is 9.10. The summed E-state index contributed by atoms with van der Waals surface area (Å²) < 4.78 is 26.6. The molecule has 0 aliphatic rings. The maximum Gasteiger partial charge on any atom is 0.234 e. The fraction of sp³-hybridized carbons (Fsp3) is 0.0769. The molecule has 0 aliphatic heterocycles. The van der Waals surface area contributed by atoms with Crippen molar-refractivity contribution in [3.63, 3.8) is 0 Å². The summed E-state index contributed by atoms with van der Waals surface area (Å²) in [5.74, 6) is -2.12. The normalized spacial score (nSPS) is 10.3. The first kappa shape index (κ1) is 14.9. The summed E-state index contributed by atoms with van der Waals surface area (Å²) in [5, 5.41) is 3.19. The maximum atomic E-state index is 13.0. The lowest BCUT2D eigenvalue weighted by Gasteiger charge is -2.05. The van der Waals surface area contributed by atoms with E-state index in [4.69, 9.17) is 0 Å². The molecule has 0 aliphatic carbocycles. The molecule has 3 nitrogen and oxygen atoms in total. The second-order valence-corrected chi connectivity index (χ2v) is 5.69. The Balaban J connectivity index is 1.89. The molecule has 104 valence electrons. The lowest BCUT2D eigenvalue weighted by molar-refractivity contribution is -0.113. The van der Waals surface area contributed by atoms with Gasteiger partial charge in [-0.1, -0.05) is 11.8 Å². The lowest BCUT2D eigenvalue weighted by Crippen LogP contribution is -2.14. The standard InChI is InChI=1S/C13H9BrF2N2OS/c14-8-1-4-13(17-6-8)20-7-12(19)18-9-2-3-10(15)11(16)5-9/h1-6H,7H2,(H,18,19). The van der Waals surface area contributed by atoms with Crippen molar-refractivity contribution in [2.75, 3.05) is 11.1 Å². The minimum atomic E-state index is -0.995. The molecule has 0 saturated heterocycles. The first-order valence-corrected chi connectivity index (χ1v) is 7.32. The average Bonchev–Trinajstić information content (AvgIpc) is 2.42. The number of carbonyl (C=O) groups excluding carboxylic acids is 1. The Morgan fingerprint density at radius 1 is 1.25 bits per heavy atom. The monoisotopic (exact) mass is 358 g/mol. The zero-order valence-corrected chi connectivity index (χ0v) is 12.5. The lowest BCUT2D eigenvalue weighted by atomic mass is 10.3. The molecule has 2 rings (SSSR count). The van der Waals surface area contributed by atoms with Crippen molar-refractivity contribution in [1.82, 2.24) is 4.98 Å². The summed E-state index contributed by atoms with van der Waals surface area (Å²) in [5.41, 5.74) is 0.221. The third-order valence-electron chi connectivity index (χ3n) is 2.25. The van der Waals surface area contributed by atoms with E-state index in [2.05, 4.69) is 26.2 Å². The smallest absolute Gasteiger partial charge is 0.234 e. The van der Waals surface area contributed by atoms with Crippen LogP contribution in [0.4, 0.5) is 14.5 Å². The van der Waals surface area contributed by atoms with Gasteiger partial charge in [0.15, 0.2) is 11.6 Å². The van der Waals surface area contributed by atoms with Gasteiger partial charge >= 0.3 is 0 Å². The van der Waals surface area contributed by atoms with Crippen LogP contribution >= 0.6 is 27.7 Å². The van der Waals surface area contributed by atoms with Crippen LogP contribution in [0.15, 0.2) is 46.0 Å². The van der Waals surface area contributed by atoms with Gasteiger partial charge in [-0.3, -0.25) is 4.79 Å². The molecule has 1 aromatic heterocycles. The van der Waals surface area contributed by atoms with E-state index < -0.39 is 11.6 Å². The van der Waals surface area contributed by atoms with Crippen LogP contribution in [0.5, 0.6) is 0 Å². The number of pyridine rings is 1. The zero-order valence-electron chi connectivity index (χ0n) is 10.1. The topological polar surface area (TPSA) is 42.0 Å². The molecule has 0 bridgehead atoms. The van der Waals surface area contributed by atoms with Crippen molar-refractivity contribution in [2.45, 2.75) is 5.03 Å². The summed E-state index contributed by atoms with van der Waals surface area (Å²) in [7, 11) is 0. The van der Waals surface area contributed by atoms with Gasteiger partial charge in [0.2, 0.25) is 5.91 Å². The van der Waals surface area contributed by atoms with Gasteiger partial charge < -0.3 is 5.32 Å². The highest BCUT2D eigenvalue weighted by atomic mass is 79.9. The number of aromatic nitrogens is 1. The van der Waals surface area contributed by atoms with Crippen molar-refractivity contribution in [3.8, 4) is 0 Å². The minimum absolute atomic E-state index is 0.133. The number of carbonyl (C=O) groups is 1. The van der Waals surface area contributed by atoms with Crippen molar-refractivity contribution in [1.29, 1.82) is 0 Å². The molecule has 1 aromatic carbocycles. The molecule has 1 N–H and O–H groups in total. The highest BCUT2D eigenvalue weighted by Crippen LogP contribution is 2.18. The number of amides is 1. The fourth-order valence-electron chi connectivity index (χ4n) is 1.36. The molecule has 0 spiro atoms. The number of hydrogen-bond donors (Lipinski definition) is 1. The van der Waals surface area contributed by atoms with E-state index >= 15 is 0 Å². The highest BCUT2D eigenvalue weighted by Gasteiger charge is 2.07. The number of hydrogen-bond acceptors (Lipinski definition) is 3. The van der Waals surface area contributed by atoms with Crippen LogP contribution in [0, 0.1) is 11.6 Å². The van der Waals surface area contributed by atoms with E-state index in [1.807, 2.05) is 6.07 Å². The van der Waals surface area contributed by atoms with E-state index in [0.29, 0.717) is 5.03 Å². The van der Waals surface area contributed by atoms with Crippen LogP contribution < -0.4 is 5.32 Å². The van der Waals surface area contributed by atoms with Gasteiger partial charge in [0.1, 0.15) is 0 Å². The van der Waals surface area contributed by atoms with E-state index in [9.17, 15) is 13.6 Å². The van der Waals surface area contributed by atoms with Crippen LogP contribution in [0.2, 0.25) is 0 Å². The first-order chi connectivity index (χ1) is 9.54. The fourth-order valence-corrected chi connectivity index (χ4v) is 2.24. The van der Waals surface area contributed by atoms with Gasteiger partial charge in [0.25, 0.3) is 0 Å².